The van der Waals surface area contributed by atoms with Gasteiger partial charge in [0.1, 0.15) is 11.3 Å². The number of alkyl halides is 1. The van der Waals surface area contributed by atoms with Crippen molar-refractivity contribution in [2.24, 2.45) is 0 Å². The van der Waals surface area contributed by atoms with Gasteiger partial charge in [0.05, 0.1) is 12.6 Å². The van der Waals surface area contributed by atoms with Crippen LogP contribution in [0.25, 0.3) is 11.2 Å². The van der Waals surface area contributed by atoms with E-state index in [1.165, 1.54) is 0 Å². The molecule has 1 atom stereocenters. The average Bonchev–Trinajstić information content (AvgIpc) is 2.67. The Morgan fingerprint density at radius 3 is 2.94 bits per heavy atom. The highest BCUT2D eigenvalue weighted by atomic mass is 35.5. The van der Waals surface area contributed by atoms with Crippen LogP contribution in [-0.2, 0) is 17.7 Å². The van der Waals surface area contributed by atoms with Gasteiger partial charge in [0.15, 0.2) is 5.65 Å². The third-order valence-electron chi connectivity index (χ3n) is 2.96. The lowest BCUT2D eigenvalue weighted by molar-refractivity contribution is 0.103. The number of hydrogen-bond donors (Lipinski definition) is 0. The van der Waals surface area contributed by atoms with E-state index in [-0.39, 0.29) is 6.10 Å². The third-order valence-corrected chi connectivity index (χ3v) is 3.15. The second kappa shape index (κ2) is 5.67. The fourth-order valence-corrected chi connectivity index (χ4v) is 2.13. The van der Waals surface area contributed by atoms with E-state index < -0.39 is 0 Å². The van der Waals surface area contributed by atoms with Gasteiger partial charge in [-0.05, 0) is 25.5 Å². The van der Waals surface area contributed by atoms with E-state index in [4.69, 9.17) is 16.3 Å². The minimum atomic E-state index is 0.125. The van der Waals surface area contributed by atoms with E-state index in [0.29, 0.717) is 5.88 Å². The van der Waals surface area contributed by atoms with E-state index in [9.17, 15) is 0 Å². The standard InChI is InChI=1S/C13H18ClN3O/c1-9-6-11-13(15-7-9)17(8-10(2)18-3)12(16-11)4-5-14/h6-7,10H,4-5,8H2,1-3H3. The zero-order valence-electron chi connectivity index (χ0n) is 11.0. The summed E-state index contributed by atoms with van der Waals surface area (Å²) >= 11 is 5.83. The van der Waals surface area contributed by atoms with Crippen LogP contribution in [0, 0.1) is 6.92 Å². The van der Waals surface area contributed by atoms with Gasteiger partial charge < -0.3 is 9.30 Å². The molecule has 2 aromatic heterocycles. The van der Waals surface area contributed by atoms with Crippen molar-refractivity contribution in [3.63, 3.8) is 0 Å². The Hall–Kier alpha value is -1.13. The number of fused-ring (bicyclic) bond motifs is 1. The summed E-state index contributed by atoms with van der Waals surface area (Å²) in [4.78, 5) is 9.08. The number of pyridine rings is 1. The fourth-order valence-electron chi connectivity index (χ4n) is 1.96. The lowest BCUT2D eigenvalue weighted by Crippen LogP contribution is -2.17. The molecule has 0 spiro atoms. The van der Waals surface area contributed by atoms with Crippen molar-refractivity contribution in [2.75, 3.05) is 13.0 Å². The maximum Gasteiger partial charge on any atom is 0.160 e. The number of methoxy groups -OCH3 is 1. The highest BCUT2D eigenvalue weighted by molar-refractivity contribution is 6.17. The Bertz CT molecular complexity index is 538. The quantitative estimate of drug-likeness (QED) is 0.782. The molecule has 2 heterocycles. The Morgan fingerprint density at radius 1 is 1.50 bits per heavy atom. The maximum atomic E-state index is 5.83. The van der Waals surface area contributed by atoms with Gasteiger partial charge in [-0.15, -0.1) is 11.6 Å². The van der Waals surface area contributed by atoms with Gasteiger partial charge in [-0.2, -0.15) is 0 Å². The van der Waals surface area contributed by atoms with E-state index >= 15 is 0 Å². The maximum absolute atomic E-state index is 5.83. The topological polar surface area (TPSA) is 39.9 Å². The highest BCUT2D eigenvalue weighted by Crippen LogP contribution is 2.17. The molecule has 0 radical (unpaired) electrons. The molecule has 2 aromatic rings. The minimum Gasteiger partial charge on any atom is -0.380 e. The summed E-state index contributed by atoms with van der Waals surface area (Å²) in [6.07, 6.45) is 2.73. The molecule has 0 fully saturated rings. The van der Waals surface area contributed by atoms with Crippen LogP contribution < -0.4 is 0 Å². The van der Waals surface area contributed by atoms with Crippen molar-refractivity contribution in [1.29, 1.82) is 0 Å². The summed E-state index contributed by atoms with van der Waals surface area (Å²) < 4.78 is 7.42. The molecule has 2 rings (SSSR count). The summed E-state index contributed by atoms with van der Waals surface area (Å²) in [7, 11) is 1.71. The monoisotopic (exact) mass is 267 g/mol. The second-order valence-corrected chi connectivity index (χ2v) is 4.86. The minimum absolute atomic E-state index is 0.125. The van der Waals surface area contributed by atoms with Crippen molar-refractivity contribution in [3.8, 4) is 0 Å². The van der Waals surface area contributed by atoms with E-state index in [2.05, 4.69) is 14.5 Å². The Kier molecular flexibility index (Phi) is 4.19. The first kappa shape index (κ1) is 13.3. The number of nitrogens with zero attached hydrogens (tertiary/aromatic N) is 3. The number of imidazole rings is 1. The lowest BCUT2D eigenvalue weighted by Gasteiger charge is -2.13. The zero-order valence-corrected chi connectivity index (χ0v) is 11.7. The summed E-state index contributed by atoms with van der Waals surface area (Å²) in [5.74, 6) is 1.53. The molecule has 0 bridgehead atoms. The summed E-state index contributed by atoms with van der Waals surface area (Å²) in [5, 5.41) is 0. The molecule has 0 saturated heterocycles. The Labute approximate surface area is 112 Å². The molecule has 0 aliphatic rings. The fraction of sp³-hybridized carbons (Fsp3) is 0.538. The van der Waals surface area contributed by atoms with Crippen LogP contribution in [0.3, 0.4) is 0 Å². The largest absolute Gasteiger partial charge is 0.380 e. The SMILES string of the molecule is COC(C)Cn1c(CCCl)nc2cc(C)cnc21. The smallest absolute Gasteiger partial charge is 0.160 e. The molecule has 0 aliphatic heterocycles. The molecular weight excluding hydrogens is 250 g/mol. The van der Waals surface area contributed by atoms with Crippen LogP contribution in [0.2, 0.25) is 0 Å². The zero-order chi connectivity index (χ0) is 13.1. The van der Waals surface area contributed by atoms with Crippen molar-refractivity contribution >= 4 is 22.8 Å². The van der Waals surface area contributed by atoms with E-state index in [1.807, 2.05) is 26.1 Å². The second-order valence-electron chi connectivity index (χ2n) is 4.48. The van der Waals surface area contributed by atoms with Crippen LogP contribution in [-0.4, -0.2) is 33.6 Å². The molecule has 0 saturated carbocycles. The predicted octanol–water partition coefficient (Wildman–Crippen LogP) is 2.56. The summed E-state index contributed by atoms with van der Waals surface area (Å²) in [6, 6.07) is 2.05. The summed E-state index contributed by atoms with van der Waals surface area (Å²) in [5.41, 5.74) is 2.95. The van der Waals surface area contributed by atoms with Crippen LogP contribution in [0.5, 0.6) is 0 Å². The third kappa shape index (κ3) is 2.65. The molecule has 0 aromatic carbocycles. The molecule has 1 unspecified atom stereocenters. The Morgan fingerprint density at radius 2 is 2.28 bits per heavy atom. The molecule has 4 nitrogen and oxygen atoms in total. The first-order chi connectivity index (χ1) is 8.65. The van der Waals surface area contributed by atoms with Crippen LogP contribution in [0.4, 0.5) is 0 Å². The first-order valence-corrected chi connectivity index (χ1v) is 6.59. The summed E-state index contributed by atoms with van der Waals surface area (Å²) in [6.45, 7) is 4.80. The van der Waals surface area contributed by atoms with Crippen LogP contribution in [0.15, 0.2) is 12.3 Å². The van der Waals surface area contributed by atoms with Crippen molar-refractivity contribution in [2.45, 2.75) is 32.9 Å². The molecule has 5 heteroatoms. The van der Waals surface area contributed by atoms with Gasteiger partial charge in [0.25, 0.3) is 0 Å². The number of ether oxygens (including phenoxy) is 1. The molecule has 98 valence electrons. The van der Waals surface area contributed by atoms with E-state index in [1.54, 1.807) is 7.11 Å². The Balaban J connectivity index is 2.48. The average molecular weight is 268 g/mol. The van der Waals surface area contributed by atoms with Gasteiger partial charge in [0.2, 0.25) is 0 Å². The predicted molar refractivity (Wildman–Crippen MR) is 73.2 cm³/mol. The van der Waals surface area contributed by atoms with Crippen LogP contribution in [0.1, 0.15) is 18.3 Å². The van der Waals surface area contributed by atoms with Gasteiger partial charge in [-0.25, -0.2) is 9.97 Å². The molecule has 0 aliphatic carbocycles. The highest BCUT2D eigenvalue weighted by Gasteiger charge is 2.13. The van der Waals surface area contributed by atoms with Crippen molar-refractivity contribution in [1.82, 2.24) is 14.5 Å². The van der Waals surface area contributed by atoms with Gasteiger partial charge in [0, 0.05) is 25.6 Å². The van der Waals surface area contributed by atoms with Crippen molar-refractivity contribution in [3.05, 3.63) is 23.7 Å². The van der Waals surface area contributed by atoms with Gasteiger partial charge in [-0.3, -0.25) is 0 Å². The molecule has 18 heavy (non-hydrogen) atoms. The number of rotatable bonds is 5. The normalized spacial score (nSPS) is 13.1. The first-order valence-electron chi connectivity index (χ1n) is 6.06. The molecule has 0 N–H and O–H groups in total. The van der Waals surface area contributed by atoms with Crippen molar-refractivity contribution < 1.29 is 4.74 Å². The number of aromatic nitrogens is 3. The number of halogens is 1. The number of hydrogen-bond acceptors (Lipinski definition) is 3. The van der Waals surface area contributed by atoms with Crippen LogP contribution >= 0.6 is 11.6 Å². The van der Waals surface area contributed by atoms with Gasteiger partial charge in [-0.1, -0.05) is 0 Å². The number of aryl methyl sites for hydroxylation is 2. The molecular formula is C13H18ClN3O. The lowest BCUT2D eigenvalue weighted by atomic mass is 10.3. The molecule has 0 amide bonds. The van der Waals surface area contributed by atoms with Gasteiger partial charge >= 0.3 is 0 Å². The van der Waals surface area contributed by atoms with E-state index in [0.717, 1.165) is 35.5 Å².